The van der Waals surface area contributed by atoms with Crippen LogP contribution in [0.2, 0.25) is 0 Å². The van der Waals surface area contributed by atoms with E-state index < -0.39 is 0 Å². The van der Waals surface area contributed by atoms with Crippen LogP contribution in [-0.2, 0) is 6.54 Å². The van der Waals surface area contributed by atoms with Crippen molar-refractivity contribution in [2.45, 2.75) is 20.4 Å². The van der Waals surface area contributed by atoms with Gasteiger partial charge in [0.25, 0.3) is 0 Å². The number of urea groups is 1. The van der Waals surface area contributed by atoms with E-state index in [0.29, 0.717) is 0 Å². The molecule has 1 aromatic carbocycles. The number of rotatable bonds is 4. The van der Waals surface area contributed by atoms with Crippen LogP contribution in [0.3, 0.4) is 0 Å². The fraction of sp³-hybridized carbons (Fsp3) is 0.500. The molecular weight excluding hydrogens is 288 g/mol. The zero-order valence-corrected chi connectivity index (χ0v) is 14.1. The van der Waals surface area contributed by atoms with Crippen molar-refractivity contribution in [2.75, 3.05) is 39.3 Å². The minimum absolute atomic E-state index is 0.182. The van der Waals surface area contributed by atoms with Gasteiger partial charge in [-0.15, -0.1) is 0 Å². The van der Waals surface area contributed by atoms with Gasteiger partial charge in [0.05, 0.1) is 0 Å². The van der Waals surface area contributed by atoms with Crippen molar-refractivity contribution in [3.63, 3.8) is 0 Å². The molecule has 1 aliphatic rings. The van der Waals surface area contributed by atoms with E-state index in [1.165, 1.54) is 16.5 Å². The topological polar surface area (TPSA) is 42.6 Å². The van der Waals surface area contributed by atoms with Crippen LogP contribution in [0.25, 0.3) is 10.9 Å². The molecular formula is C18H26N4O. The van der Waals surface area contributed by atoms with Crippen LogP contribution in [0.5, 0.6) is 0 Å². The Labute approximate surface area is 137 Å². The third kappa shape index (κ3) is 3.34. The summed E-state index contributed by atoms with van der Waals surface area (Å²) >= 11 is 0. The number of fused-ring (bicyclic) bond motifs is 1. The average Bonchev–Trinajstić information content (AvgIpc) is 3.00. The second-order valence-corrected chi connectivity index (χ2v) is 6.08. The molecule has 2 aromatic rings. The van der Waals surface area contributed by atoms with Crippen molar-refractivity contribution < 1.29 is 4.79 Å². The Morgan fingerprint density at radius 3 is 2.52 bits per heavy atom. The van der Waals surface area contributed by atoms with Crippen molar-refractivity contribution in [1.82, 2.24) is 19.7 Å². The Bertz CT molecular complexity index is 654. The molecule has 2 amide bonds. The maximum Gasteiger partial charge on any atom is 0.320 e. The SMILES string of the molecule is CCN(CC)C(=O)N1CCN(Cc2c[nH]c3ccccc23)CC1. The second-order valence-electron chi connectivity index (χ2n) is 6.08. The number of carbonyl (C=O) groups excluding carboxylic acids is 1. The van der Waals surface area contributed by atoms with E-state index in [4.69, 9.17) is 0 Å². The summed E-state index contributed by atoms with van der Waals surface area (Å²) in [6.45, 7) is 10.1. The van der Waals surface area contributed by atoms with Crippen molar-refractivity contribution in [1.29, 1.82) is 0 Å². The molecule has 1 aromatic heterocycles. The predicted molar refractivity (Wildman–Crippen MR) is 93.5 cm³/mol. The van der Waals surface area contributed by atoms with Crippen molar-refractivity contribution in [2.24, 2.45) is 0 Å². The van der Waals surface area contributed by atoms with Gasteiger partial charge in [-0.3, -0.25) is 4.90 Å². The smallest absolute Gasteiger partial charge is 0.320 e. The van der Waals surface area contributed by atoms with Gasteiger partial charge in [0, 0.05) is 62.9 Å². The zero-order valence-electron chi connectivity index (χ0n) is 14.1. The monoisotopic (exact) mass is 314 g/mol. The Morgan fingerprint density at radius 1 is 1.13 bits per heavy atom. The largest absolute Gasteiger partial charge is 0.361 e. The minimum atomic E-state index is 0.182. The van der Waals surface area contributed by atoms with Gasteiger partial charge in [0.1, 0.15) is 0 Å². The van der Waals surface area contributed by atoms with Crippen LogP contribution in [0, 0.1) is 0 Å². The van der Waals surface area contributed by atoms with Crippen LogP contribution < -0.4 is 0 Å². The lowest BCUT2D eigenvalue weighted by atomic mass is 10.1. The Kier molecular flexibility index (Phi) is 4.86. The van der Waals surface area contributed by atoms with Crippen LogP contribution in [0.15, 0.2) is 30.5 Å². The van der Waals surface area contributed by atoms with E-state index >= 15 is 0 Å². The van der Waals surface area contributed by atoms with Gasteiger partial charge >= 0.3 is 6.03 Å². The summed E-state index contributed by atoms with van der Waals surface area (Å²) in [6, 6.07) is 8.60. The van der Waals surface area contributed by atoms with Gasteiger partial charge in [-0.1, -0.05) is 18.2 Å². The first-order valence-electron chi connectivity index (χ1n) is 8.54. The molecule has 1 saturated heterocycles. The van der Waals surface area contributed by atoms with Crippen LogP contribution in [0.1, 0.15) is 19.4 Å². The molecule has 1 N–H and O–H groups in total. The lowest BCUT2D eigenvalue weighted by molar-refractivity contribution is 0.112. The van der Waals surface area contributed by atoms with E-state index in [1.807, 2.05) is 23.6 Å². The Morgan fingerprint density at radius 2 is 1.83 bits per heavy atom. The third-order valence-corrected chi connectivity index (χ3v) is 4.75. The molecule has 0 spiro atoms. The molecule has 1 fully saturated rings. The van der Waals surface area contributed by atoms with Crippen molar-refractivity contribution in [3.8, 4) is 0 Å². The van der Waals surface area contributed by atoms with Crippen LogP contribution in [0.4, 0.5) is 4.79 Å². The molecule has 1 aliphatic heterocycles. The summed E-state index contributed by atoms with van der Waals surface area (Å²) in [5.74, 6) is 0. The number of piperazine rings is 1. The number of benzene rings is 1. The summed E-state index contributed by atoms with van der Waals surface area (Å²) in [4.78, 5) is 22.0. The summed E-state index contributed by atoms with van der Waals surface area (Å²) in [7, 11) is 0. The van der Waals surface area contributed by atoms with E-state index in [0.717, 1.165) is 45.8 Å². The van der Waals surface area contributed by atoms with Crippen molar-refractivity contribution in [3.05, 3.63) is 36.0 Å². The molecule has 0 unspecified atom stereocenters. The molecule has 2 heterocycles. The standard InChI is InChI=1S/C18H26N4O/c1-3-21(4-2)18(23)22-11-9-20(10-12-22)14-15-13-19-17-8-6-5-7-16(15)17/h5-8,13,19H,3-4,9-12,14H2,1-2H3. The van der Waals surface area contributed by atoms with Crippen molar-refractivity contribution >= 4 is 16.9 Å². The number of nitrogens with zero attached hydrogens (tertiary/aromatic N) is 3. The molecule has 0 radical (unpaired) electrons. The van der Waals surface area contributed by atoms with E-state index in [-0.39, 0.29) is 6.03 Å². The number of hydrogen-bond acceptors (Lipinski definition) is 2. The molecule has 3 rings (SSSR count). The lowest BCUT2D eigenvalue weighted by Gasteiger charge is -2.37. The first-order chi connectivity index (χ1) is 11.2. The van der Waals surface area contributed by atoms with Gasteiger partial charge < -0.3 is 14.8 Å². The van der Waals surface area contributed by atoms with E-state index in [1.54, 1.807) is 0 Å². The molecule has 5 nitrogen and oxygen atoms in total. The third-order valence-electron chi connectivity index (χ3n) is 4.75. The highest BCUT2D eigenvalue weighted by Gasteiger charge is 2.24. The number of H-pyrrole nitrogens is 1. The first-order valence-corrected chi connectivity index (χ1v) is 8.54. The Hall–Kier alpha value is -2.01. The highest BCUT2D eigenvalue weighted by atomic mass is 16.2. The zero-order chi connectivity index (χ0) is 16.2. The lowest BCUT2D eigenvalue weighted by Crippen LogP contribution is -2.52. The number of hydrogen-bond donors (Lipinski definition) is 1. The average molecular weight is 314 g/mol. The van der Waals surface area contributed by atoms with Gasteiger partial charge in [-0.25, -0.2) is 4.79 Å². The fourth-order valence-corrected chi connectivity index (χ4v) is 3.29. The number of aromatic amines is 1. The maximum absolute atomic E-state index is 12.4. The number of carbonyl (C=O) groups is 1. The summed E-state index contributed by atoms with van der Waals surface area (Å²) in [5.41, 5.74) is 2.53. The van der Waals surface area contributed by atoms with E-state index in [2.05, 4.69) is 40.3 Å². The van der Waals surface area contributed by atoms with Crippen LogP contribution >= 0.6 is 0 Å². The Balaban J connectivity index is 1.58. The van der Waals surface area contributed by atoms with Gasteiger partial charge in [-0.2, -0.15) is 0 Å². The maximum atomic E-state index is 12.4. The normalized spacial score (nSPS) is 16.0. The molecule has 23 heavy (non-hydrogen) atoms. The molecule has 0 saturated carbocycles. The number of nitrogens with one attached hydrogen (secondary N) is 1. The molecule has 124 valence electrons. The van der Waals surface area contributed by atoms with E-state index in [9.17, 15) is 4.79 Å². The molecule has 5 heteroatoms. The van der Waals surface area contributed by atoms with Gasteiger partial charge in [0.15, 0.2) is 0 Å². The predicted octanol–water partition coefficient (Wildman–Crippen LogP) is 2.75. The van der Waals surface area contributed by atoms with Gasteiger partial charge in [0.2, 0.25) is 0 Å². The number of para-hydroxylation sites is 1. The van der Waals surface area contributed by atoms with Gasteiger partial charge in [-0.05, 0) is 25.5 Å². The molecule has 0 bridgehead atoms. The number of aromatic nitrogens is 1. The quantitative estimate of drug-likeness (QED) is 0.943. The highest BCUT2D eigenvalue weighted by molar-refractivity contribution is 5.83. The summed E-state index contributed by atoms with van der Waals surface area (Å²) in [5, 5.41) is 1.30. The summed E-state index contributed by atoms with van der Waals surface area (Å²) < 4.78 is 0. The molecule has 0 aliphatic carbocycles. The van der Waals surface area contributed by atoms with Crippen LogP contribution in [-0.4, -0.2) is 65.0 Å². The second kappa shape index (κ2) is 7.04. The fourth-order valence-electron chi connectivity index (χ4n) is 3.29. The minimum Gasteiger partial charge on any atom is -0.361 e. The highest BCUT2D eigenvalue weighted by Crippen LogP contribution is 2.20. The molecule has 0 atom stereocenters. The first kappa shape index (κ1) is 15.9. The number of amides is 2. The summed E-state index contributed by atoms with van der Waals surface area (Å²) in [6.07, 6.45) is 2.11.